The summed E-state index contributed by atoms with van der Waals surface area (Å²) in [6.07, 6.45) is 0.658. The highest BCUT2D eigenvalue weighted by molar-refractivity contribution is 7.86. The highest BCUT2D eigenvalue weighted by Crippen LogP contribution is 2.24. The fraction of sp³-hybridized carbons (Fsp3) is 1.00. The van der Waals surface area contributed by atoms with E-state index in [4.69, 9.17) is 9.66 Å². The van der Waals surface area contributed by atoms with E-state index in [-0.39, 0.29) is 0 Å². The second-order valence-electron chi connectivity index (χ2n) is 2.55. The van der Waals surface area contributed by atoms with Crippen LogP contribution in [0.15, 0.2) is 0 Å². The Morgan fingerprint density at radius 3 is 2.10 bits per heavy atom. The van der Waals surface area contributed by atoms with Crippen molar-refractivity contribution in [3.05, 3.63) is 0 Å². The van der Waals surface area contributed by atoms with Crippen LogP contribution < -0.4 is 0 Å². The van der Waals surface area contributed by atoms with Gasteiger partial charge >= 0.3 is 0 Å². The molecule has 1 aliphatic rings. The van der Waals surface area contributed by atoms with Gasteiger partial charge in [-0.15, -0.1) is 0 Å². The third kappa shape index (κ3) is 1.47. The summed E-state index contributed by atoms with van der Waals surface area (Å²) in [5, 5.41) is 8.05. The van der Waals surface area contributed by atoms with Crippen LogP contribution in [-0.2, 0) is 10.1 Å². The summed E-state index contributed by atoms with van der Waals surface area (Å²) in [5.41, 5.74) is 0. The van der Waals surface area contributed by atoms with Gasteiger partial charge in [0.25, 0.3) is 10.1 Å². The molecule has 0 aliphatic heterocycles. The molecule has 1 rings (SSSR count). The second-order valence-corrected chi connectivity index (χ2v) is 4.19. The molecule has 0 amide bonds. The van der Waals surface area contributed by atoms with Gasteiger partial charge in [-0.1, -0.05) is 0 Å². The Bertz CT molecular complexity index is 208. The number of hydrogen-bond donors (Lipinski definition) is 2. The fourth-order valence-corrected chi connectivity index (χ4v) is 2.25. The normalized spacial score (nSPS) is 34.6. The van der Waals surface area contributed by atoms with E-state index in [1.54, 1.807) is 0 Å². The van der Waals surface area contributed by atoms with Gasteiger partial charge in [-0.2, -0.15) is 8.42 Å². The maximum Gasteiger partial charge on any atom is 0.270 e. The molecule has 0 aromatic carbocycles. The molecule has 1 fully saturated rings. The van der Waals surface area contributed by atoms with Gasteiger partial charge in [0, 0.05) is 0 Å². The molecule has 2 atom stereocenters. The minimum Gasteiger partial charge on any atom is -0.392 e. The summed E-state index contributed by atoms with van der Waals surface area (Å²) < 4.78 is 29.4. The van der Waals surface area contributed by atoms with Crippen molar-refractivity contribution in [2.75, 3.05) is 0 Å². The minimum absolute atomic E-state index is 0.375. The van der Waals surface area contributed by atoms with E-state index in [1.807, 2.05) is 0 Å². The Hall–Kier alpha value is -0.130. The summed E-state index contributed by atoms with van der Waals surface area (Å²) in [6, 6.07) is 0. The quantitative estimate of drug-likeness (QED) is 0.528. The second kappa shape index (κ2) is 2.48. The molecule has 0 bridgehead atoms. The molecule has 10 heavy (non-hydrogen) atoms. The maximum absolute atomic E-state index is 10.4. The average Bonchev–Trinajstić information content (AvgIpc) is 2.11. The first-order valence-electron chi connectivity index (χ1n) is 3.16. The molecule has 0 unspecified atom stereocenters. The molecule has 60 valence electrons. The molecule has 0 aromatic heterocycles. The molecule has 1 aliphatic carbocycles. The van der Waals surface area contributed by atoms with Crippen LogP contribution in [0.3, 0.4) is 0 Å². The Morgan fingerprint density at radius 1 is 1.30 bits per heavy atom. The van der Waals surface area contributed by atoms with E-state index in [1.165, 1.54) is 0 Å². The van der Waals surface area contributed by atoms with Gasteiger partial charge < -0.3 is 5.11 Å². The van der Waals surface area contributed by atoms with Crippen LogP contribution in [0.5, 0.6) is 0 Å². The van der Waals surface area contributed by atoms with Crippen molar-refractivity contribution < 1.29 is 18.1 Å². The number of aliphatic hydroxyl groups is 1. The predicted octanol–water partition coefficient (Wildman–Crippen LogP) is -0.212. The topological polar surface area (TPSA) is 74.6 Å². The lowest BCUT2D eigenvalue weighted by atomic mass is 10.3. The van der Waals surface area contributed by atoms with Gasteiger partial charge in [-0.25, -0.2) is 0 Å². The van der Waals surface area contributed by atoms with Crippen molar-refractivity contribution in [3.8, 4) is 0 Å². The highest BCUT2D eigenvalue weighted by atomic mass is 32.2. The van der Waals surface area contributed by atoms with Crippen molar-refractivity contribution in [1.82, 2.24) is 0 Å². The molecule has 2 N–H and O–H groups in total. The largest absolute Gasteiger partial charge is 0.392 e. The molecule has 5 heteroatoms. The Morgan fingerprint density at radius 2 is 1.90 bits per heavy atom. The van der Waals surface area contributed by atoms with Crippen molar-refractivity contribution in [1.29, 1.82) is 0 Å². The lowest BCUT2D eigenvalue weighted by molar-refractivity contribution is 0.182. The lowest BCUT2D eigenvalue weighted by Gasteiger charge is -2.08. The summed E-state index contributed by atoms with van der Waals surface area (Å²) in [7, 11) is -4.00. The van der Waals surface area contributed by atoms with E-state index in [0.717, 1.165) is 0 Å². The van der Waals surface area contributed by atoms with Crippen LogP contribution >= 0.6 is 0 Å². The molecular weight excluding hydrogens is 156 g/mol. The zero-order valence-electron chi connectivity index (χ0n) is 5.40. The van der Waals surface area contributed by atoms with Crippen LogP contribution in [0.4, 0.5) is 0 Å². The van der Waals surface area contributed by atoms with E-state index in [2.05, 4.69) is 0 Å². The summed E-state index contributed by atoms with van der Waals surface area (Å²) in [5.74, 6) is 0. The first-order valence-corrected chi connectivity index (χ1v) is 4.66. The van der Waals surface area contributed by atoms with Gasteiger partial charge in [-0.3, -0.25) is 4.55 Å². The number of rotatable bonds is 1. The minimum atomic E-state index is -4.00. The van der Waals surface area contributed by atoms with Crippen LogP contribution in [0.1, 0.15) is 19.3 Å². The molecular formula is C5H10O4S. The third-order valence-corrected chi connectivity index (χ3v) is 3.12. The molecule has 0 heterocycles. The van der Waals surface area contributed by atoms with Gasteiger partial charge in [-0.05, 0) is 19.3 Å². The SMILES string of the molecule is O=S(=O)(O)[C@H]1CCC[C@H]1O. The monoisotopic (exact) mass is 166 g/mol. The molecule has 0 saturated heterocycles. The first kappa shape index (κ1) is 7.97. The van der Waals surface area contributed by atoms with Gasteiger partial charge in [0.05, 0.1) is 6.10 Å². The number of hydrogen-bond acceptors (Lipinski definition) is 3. The Labute approximate surface area is 59.6 Å². The Kier molecular flexibility index (Phi) is 1.98. The number of aliphatic hydroxyl groups excluding tert-OH is 1. The summed E-state index contributed by atoms with van der Waals surface area (Å²) in [4.78, 5) is 0. The van der Waals surface area contributed by atoms with E-state index >= 15 is 0 Å². The smallest absolute Gasteiger partial charge is 0.270 e. The third-order valence-electron chi connectivity index (χ3n) is 1.80. The van der Waals surface area contributed by atoms with Gasteiger partial charge in [0.15, 0.2) is 0 Å². The zero-order chi connectivity index (χ0) is 7.78. The average molecular weight is 166 g/mol. The van der Waals surface area contributed by atoms with E-state index in [9.17, 15) is 8.42 Å². The van der Waals surface area contributed by atoms with Crippen LogP contribution in [0, 0.1) is 0 Å². The summed E-state index contributed by atoms with van der Waals surface area (Å²) in [6.45, 7) is 0. The van der Waals surface area contributed by atoms with Gasteiger partial charge in [0.2, 0.25) is 0 Å². The van der Waals surface area contributed by atoms with E-state index in [0.29, 0.717) is 19.3 Å². The molecule has 0 aromatic rings. The first-order chi connectivity index (χ1) is 4.52. The molecule has 4 nitrogen and oxygen atoms in total. The molecule has 0 radical (unpaired) electrons. The van der Waals surface area contributed by atoms with E-state index < -0.39 is 21.5 Å². The molecule has 1 saturated carbocycles. The lowest BCUT2D eigenvalue weighted by Crippen LogP contribution is -2.28. The summed E-state index contributed by atoms with van der Waals surface area (Å²) >= 11 is 0. The Balaban J connectivity index is 2.74. The van der Waals surface area contributed by atoms with Crippen LogP contribution in [0.2, 0.25) is 0 Å². The fourth-order valence-electron chi connectivity index (χ4n) is 1.25. The predicted molar refractivity (Wildman–Crippen MR) is 35.2 cm³/mol. The highest BCUT2D eigenvalue weighted by Gasteiger charge is 2.34. The van der Waals surface area contributed by atoms with Crippen LogP contribution in [-0.4, -0.2) is 29.4 Å². The standard InChI is InChI=1S/C5H10O4S/c6-4-2-1-3-5(4)10(7,8)9/h4-6H,1-3H2,(H,7,8,9)/t4-,5+/m1/s1. The zero-order valence-corrected chi connectivity index (χ0v) is 6.21. The van der Waals surface area contributed by atoms with Crippen molar-refractivity contribution in [2.45, 2.75) is 30.6 Å². The van der Waals surface area contributed by atoms with Crippen molar-refractivity contribution in [3.63, 3.8) is 0 Å². The molecule has 0 spiro atoms. The van der Waals surface area contributed by atoms with Crippen molar-refractivity contribution in [2.24, 2.45) is 0 Å². The van der Waals surface area contributed by atoms with Crippen molar-refractivity contribution >= 4 is 10.1 Å². The maximum atomic E-state index is 10.4. The van der Waals surface area contributed by atoms with Gasteiger partial charge in [0.1, 0.15) is 5.25 Å². The van der Waals surface area contributed by atoms with Crippen LogP contribution in [0.25, 0.3) is 0 Å².